The van der Waals surface area contributed by atoms with Gasteiger partial charge in [-0.15, -0.1) is 11.8 Å². The van der Waals surface area contributed by atoms with Crippen LogP contribution in [-0.4, -0.2) is 11.3 Å². The van der Waals surface area contributed by atoms with Gasteiger partial charge in [-0.25, -0.2) is 0 Å². The molecule has 4 atom stereocenters. The fraction of sp³-hybridized carbons (Fsp3) is 0.200. The summed E-state index contributed by atoms with van der Waals surface area (Å²) in [5.74, 6) is 1.05. The summed E-state index contributed by atoms with van der Waals surface area (Å²) < 4.78 is 0. The van der Waals surface area contributed by atoms with Gasteiger partial charge in [0.15, 0.2) is 0 Å². The lowest BCUT2D eigenvalue weighted by molar-refractivity contribution is 0.633. The van der Waals surface area contributed by atoms with Crippen LogP contribution in [-0.2, 0) is 0 Å². The van der Waals surface area contributed by atoms with Crippen LogP contribution in [0.4, 0.5) is 11.4 Å². The number of allylic oxidation sites excluding steroid dienone is 3. The number of fused-ring (bicyclic) bond motifs is 6. The van der Waals surface area contributed by atoms with E-state index in [9.17, 15) is 0 Å². The molecule has 1 nitrogen and oxygen atoms in total. The Balaban J connectivity index is 1.32. The third-order valence-electron chi connectivity index (χ3n) is 7.46. The largest absolute Gasteiger partial charge is 0.333 e. The Kier molecular flexibility index (Phi) is 4.23. The lowest BCUT2D eigenvalue weighted by atomic mass is 9.83. The normalized spacial score (nSPS) is 26.9. The Bertz CT molecular complexity index is 1290. The Morgan fingerprint density at radius 2 is 1.66 bits per heavy atom. The minimum absolute atomic E-state index is 0.327. The molecule has 2 aliphatic heterocycles. The van der Waals surface area contributed by atoms with E-state index in [2.05, 4.69) is 120 Å². The van der Waals surface area contributed by atoms with Crippen LogP contribution in [0.15, 0.2) is 108 Å². The van der Waals surface area contributed by atoms with Crippen molar-refractivity contribution >= 4 is 28.7 Å². The van der Waals surface area contributed by atoms with E-state index in [1.807, 2.05) is 0 Å². The average molecular weight is 432 g/mol. The number of anilines is 2. The monoisotopic (exact) mass is 431 g/mol. The highest BCUT2D eigenvalue weighted by atomic mass is 32.2. The van der Waals surface area contributed by atoms with Crippen LogP contribution >= 0.6 is 11.8 Å². The van der Waals surface area contributed by atoms with E-state index >= 15 is 0 Å². The summed E-state index contributed by atoms with van der Waals surface area (Å²) in [6.07, 6.45) is 14.6. The van der Waals surface area contributed by atoms with Crippen molar-refractivity contribution in [3.05, 3.63) is 120 Å². The van der Waals surface area contributed by atoms with E-state index < -0.39 is 0 Å². The number of rotatable bonds is 2. The summed E-state index contributed by atoms with van der Waals surface area (Å²) in [5, 5.41) is 0.613. The van der Waals surface area contributed by atoms with Crippen molar-refractivity contribution in [2.75, 3.05) is 4.90 Å². The number of thioether (sulfide) groups is 1. The second-order valence-electron chi connectivity index (χ2n) is 9.18. The van der Waals surface area contributed by atoms with Gasteiger partial charge in [-0.05, 0) is 53.3 Å². The predicted molar refractivity (Wildman–Crippen MR) is 136 cm³/mol. The van der Waals surface area contributed by atoms with E-state index in [0.29, 0.717) is 23.1 Å². The van der Waals surface area contributed by atoms with Crippen molar-refractivity contribution in [1.82, 2.24) is 0 Å². The van der Waals surface area contributed by atoms with Gasteiger partial charge >= 0.3 is 0 Å². The van der Waals surface area contributed by atoms with Crippen molar-refractivity contribution < 1.29 is 0 Å². The molecule has 2 heterocycles. The summed E-state index contributed by atoms with van der Waals surface area (Å²) in [6, 6.07) is 27.1. The Hall–Kier alpha value is -2.97. The maximum absolute atomic E-state index is 2.53. The highest BCUT2D eigenvalue weighted by Gasteiger charge is 2.39. The molecule has 4 aliphatic rings. The van der Waals surface area contributed by atoms with Crippen molar-refractivity contribution in [3.63, 3.8) is 0 Å². The molecule has 32 heavy (non-hydrogen) atoms. The van der Waals surface area contributed by atoms with Crippen molar-refractivity contribution in [3.8, 4) is 0 Å². The molecule has 0 spiro atoms. The first kappa shape index (κ1) is 18.6. The van der Waals surface area contributed by atoms with Gasteiger partial charge in [0.1, 0.15) is 0 Å². The summed E-state index contributed by atoms with van der Waals surface area (Å²) in [7, 11) is 0. The topological polar surface area (TPSA) is 3.24 Å². The first-order valence-corrected chi connectivity index (χ1v) is 12.6. The molecule has 0 amide bonds. The van der Waals surface area contributed by atoms with Gasteiger partial charge in [-0.2, -0.15) is 0 Å². The summed E-state index contributed by atoms with van der Waals surface area (Å²) in [6.45, 7) is 0. The second-order valence-corrected chi connectivity index (χ2v) is 10.4. The molecule has 2 heteroatoms. The van der Waals surface area contributed by atoms with Gasteiger partial charge in [-0.1, -0.05) is 85.0 Å². The summed E-state index contributed by atoms with van der Waals surface area (Å²) >= 11 is 2.08. The maximum atomic E-state index is 2.53. The molecule has 3 aromatic rings. The first-order valence-electron chi connectivity index (χ1n) is 11.7. The smallest absolute Gasteiger partial charge is 0.0630 e. The van der Waals surface area contributed by atoms with E-state index in [1.165, 1.54) is 45.8 Å². The Morgan fingerprint density at radius 3 is 2.59 bits per heavy atom. The number of hydrogen-bond donors (Lipinski definition) is 0. The van der Waals surface area contributed by atoms with Crippen LogP contribution < -0.4 is 4.90 Å². The van der Waals surface area contributed by atoms with Crippen molar-refractivity contribution in [2.24, 2.45) is 0 Å². The highest BCUT2D eigenvalue weighted by molar-refractivity contribution is 8.00. The number of nitrogens with zero attached hydrogens (tertiary/aromatic N) is 1. The lowest BCUT2D eigenvalue weighted by Crippen LogP contribution is -2.28. The zero-order chi connectivity index (χ0) is 21.1. The molecule has 156 valence electrons. The fourth-order valence-electron chi connectivity index (χ4n) is 6.02. The first-order chi connectivity index (χ1) is 15.9. The molecule has 7 rings (SSSR count). The number of benzene rings is 3. The molecule has 0 bridgehead atoms. The molecule has 3 aromatic carbocycles. The van der Waals surface area contributed by atoms with Gasteiger partial charge in [0.2, 0.25) is 0 Å². The van der Waals surface area contributed by atoms with Crippen LogP contribution in [0.1, 0.15) is 41.4 Å². The molecule has 0 radical (unpaired) electrons. The molecule has 0 saturated heterocycles. The van der Waals surface area contributed by atoms with Crippen LogP contribution in [0.2, 0.25) is 0 Å². The van der Waals surface area contributed by atoms with Gasteiger partial charge in [-0.3, -0.25) is 0 Å². The zero-order valence-corrected chi connectivity index (χ0v) is 18.7. The van der Waals surface area contributed by atoms with E-state index in [0.717, 1.165) is 0 Å². The van der Waals surface area contributed by atoms with Crippen molar-refractivity contribution in [2.45, 2.75) is 40.9 Å². The second kappa shape index (κ2) is 7.28. The SMILES string of the molecule is C1=CC2Sc3c(C4=CC5c6ccccc6N(c6ccccc6)C5C=C4)cccc3C2CC1. The van der Waals surface area contributed by atoms with Crippen LogP contribution in [0, 0.1) is 0 Å². The van der Waals surface area contributed by atoms with Crippen LogP contribution in [0.5, 0.6) is 0 Å². The van der Waals surface area contributed by atoms with Crippen molar-refractivity contribution in [1.29, 1.82) is 0 Å². The zero-order valence-electron chi connectivity index (χ0n) is 17.9. The van der Waals surface area contributed by atoms with Crippen LogP contribution in [0.25, 0.3) is 5.57 Å². The third-order valence-corrected chi connectivity index (χ3v) is 8.91. The van der Waals surface area contributed by atoms with Gasteiger partial charge in [0, 0.05) is 33.4 Å². The Morgan fingerprint density at radius 1 is 0.812 bits per heavy atom. The Labute approximate surface area is 194 Å². The molecule has 0 aromatic heterocycles. The molecule has 4 unspecified atom stereocenters. The average Bonchev–Trinajstić information content (AvgIpc) is 3.40. The maximum Gasteiger partial charge on any atom is 0.0630 e. The molecular weight excluding hydrogens is 406 g/mol. The van der Waals surface area contributed by atoms with E-state index in [-0.39, 0.29) is 0 Å². The minimum Gasteiger partial charge on any atom is -0.333 e. The predicted octanol–water partition coefficient (Wildman–Crippen LogP) is 7.85. The standard InChI is InChI=1S/C30H25NS/c1-2-9-21(10-3-1)31-27-15-6-4-11-23(27)26-19-20(17-18-28(26)31)22-13-8-14-25-24-12-5-7-16-29(24)32-30(22)25/h1-4,6-11,13-19,24,26,28-29H,5,12H2. The van der Waals surface area contributed by atoms with Gasteiger partial charge < -0.3 is 4.90 Å². The quantitative estimate of drug-likeness (QED) is 0.380. The van der Waals surface area contributed by atoms with E-state index in [1.54, 1.807) is 5.56 Å². The highest BCUT2D eigenvalue weighted by Crippen LogP contribution is 2.54. The van der Waals surface area contributed by atoms with Gasteiger partial charge in [0.25, 0.3) is 0 Å². The van der Waals surface area contributed by atoms with Gasteiger partial charge in [0.05, 0.1) is 6.04 Å². The molecular formula is C30H25NS. The fourth-order valence-corrected chi connectivity index (χ4v) is 7.60. The molecule has 0 fully saturated rings. The summed E-state index contributed by atoms with van der Waals surface area (Å²) in [5.41, 5.74) is 8.39. The molecule has 0 saturated carbocycles. The number of hydrogen-bond acceptors (Lipinski definition) is 2. The van der Waals surface area contributed by atoms with E-state index in [4.69, 9.17) is 0 Å². The molecule has 0 N–H and O–H groups in total. The molecule has 2 aliphatic carbocycles. The minimum atomic E-state index is 0.327. The summed E-state index contributed by atoms with van der Waals surface area (Å²) in [4.78, 5) is 4.02. The number of para-hydroxylation sites is 2. The van der Waals surface area contributed by atoms with Crippen LogP contribution in [0.3, 0.4) is 0 Å². The lowest BCUT2D eigenvalue weighted by Gasteiger charge is -2.30. The third kappa shape index (κ3) is 2.72.